The monoisotopic (exact) mass is 879 g/mol. The number of thiophene rings is 2. The van der Waals surface area contributed by atoms with E-state index < -0.39 is 8.07 Å². The number of pyridine rings is 1. The number of nitrogens with zero attached hydrogens (tertiary/aromatic N) is 3. The standard InChI is InChI=1S/C59H37N3S2Si/c1-3-17-38(18-4-1)65(39-19-5-2-6-20-39,54-33-15-26-45-43-24-13-31-52(56(43)63-58(45)54)61-48-28-10-7-21-40(48)41-22-8-11-29-49(41)61)55-34-16-27-46-44-25-14-32-53(57(44)64-59(46)55)62-50-30-12-9-23-42(50)47-37-60-36-35-51(47)62/h1-37H. The van der Waals surface area contributed by atoms with Crippen LogP contribution in [0.4, 0.5) is 0 Å². The van der Waals surface area contributed by atoms with E-state index in [0.29, 0.717) is 0 Å². The zero-order valence-electron chi connectivity index (χ0n) is 35.0. The van der Waals surface area contributed by atoms with Gasteiger partial charge in [-0.2, -0.15) is 0 Å². The number of fused-ring (bicyclic) bond motifs is 12. The van der Waals surface area contributed by atoms with Crippen LogP contribution in [0.3, 0.4) is 0 Å². The molecule has 0 fully saturated rings. The maximum atomic E-state index is 4.56. The molecule has 0 bridgehead atoms. The fourth-order valence-electron chi connectivity index (χ4n) is 11.1. The fourth-order valence-corrected chi connectivity index (χ4v) is 19.7. The van der Waals surface area contributed by atoms with Crippen LogP contribution in [0.1, 0.15) is 0 Å². The van der Waals surface area contributed by atoms with Gasteiger partial charge in [-0.1, -0.05) is 176 Å². The van der Waals surface area contributed by atoms with Crippen molar-refractivity contribution in [1.29, 1.82) is 0 Å². The fraction of sp³-hybridized carbons (Fsp3) is 0. The number of benzene rings is 9. The Morgan fingerprint density at radius 3 is 1.15 bits per heavy atom. The first kappa shape index (κ1) is 36.8. The molecule has 0 radical (unpaired) electrons. The Labute approximate surface area is 383 Å². The van der Waals surface area contributed by atoms with Gasteiger partial charge >= 0.3 is 0 Å². The number of aromatic nitrogens is 3. The topological polar surface area (TPSA) is 22.8 Å². The Bertz CT molecular complexity index is 3820. The van der Waals surface area contributed by atoms with Crippen LogP contribution in [0.5, 0.6) is 0 Å². The van der Waals surface area contributed by atoms with Crippen molar-refractivity contribution in [1.82, 2.24) is 14.1 Å². The van der Waals surface area contributed by atoms with Crippen LogP contribution >= 0.6 is 22.7 Å². The van der Waals surface area contributed by atoms with Crippen LogP contribution in [0, 0.1) is 0 Å². The van der Waals surface area contributed by atoms with Crippen LogP contribution in [0.15, 0.2) is 225 Å². The van der Waals surface area contributed by atoms with E-state index in [1.54, 1.807) is 0 Å². The molecular weight excluding hydrogens is 843 g/mol. The maximum absolute atomic E-state index is 4.56. The van der Waals surface area contributed by atoms with Crippen molar-refractivity contribution in [2.45, 2.75) is 0 Å². The average molecular weight is 880 g/mol. The second kappa shape index (κ2) is 14.2. The summed E-state index contributed by atoms with van der Waals surface area (Å²) in [4.78, 5) is 4.56. The molecule has 6 heteroatoms. The molecule has 0 spiro atoms. The lowest BCUT2D eigenvalue weighted by atomic mass is 10.1. The summed E-state index contributed by atoms with van der Waals surface area (Å²) in [5.41, 5.74) is 7.23. The summed E-state index contributed by atoms with van der Waals surface area (Å²) < 4.78 is 10.2. The lowest BCUT2D eigenvalue weighted by Gasteiger charge is -2.35. The van der Waals surface area contributed by atoms with Crippen LogP contribution in [-0.4, -0.2) is 22.2 Å². The van der Waals surface area contributed by atoms with Gasteiger partial charge in [0.2, 0.25) is 0 Å². The van der Waals surface area contributed by atoms with Gasteiger partial charge in [-0.15, -0.1) is 22.7 Å². The predicted molar refractivity (Wildman–Crippen MR) is 282 cm³/mol. The third-order valence-corrected chi connectivity index (χ3v) is 21.5. The number of hydrogen-bond donors (Lipinski definition) is 0. The summed E-state index contributed by atoms with van der Waals surface area (Å²) >= 11 is 3.92. The SMILES string of the molecule is c1ccc([Si](c2ccccc2)(c2cccc3c2sc2c(-n4c5ccccc5c5ccccc54)cccc23)c2cccc3c2sc2c(-n4c5ccccc5c5cnccc54)cccc23)cc1. The Hall–Kier alpha value is -7.61. The van der Waals surface area contributed by atoms with E-state index in [2.05, 4.69) is 226 Å². The first-order chi connectivity index (χ1) is 32.3. The molecule has 9 aromatic carbocycles. The molecule has 65 heavy (non-hydrogen) atoms. The van der Waals surface area contributed by atoms with E-state index in [0.717, 1.165) is 0 Å². The number of hydrogen-bond acceptors (Lipinski definition) is 3. The van der Waals surface area contributed by atoms with Crippen molar-refractivity contribution in [2.75, 3.05) is 0 Å². The van der Waals surface area contributed by atoms with E-state index in [-0.39, 0.29) is 0 Å². The molecule has 0 aliphatic heterocycles. The van der Waals surface area contributed by atoms with Crippen molar-refractivity contribution in [3.8, 4) is 11.4 Å². The van der Waals surface area contributed by atoms with Gasteiger partial charge in [0, 0.05) is 64.9 Å². The highest BCUT2D eigenvalue weighted by molar-refractivity contribution is 7.34. The van der Waals surface area contributed by atoms with Crippen molar-refractivity contribution >= 4 is 135 Å². The van der Waals surface area contributed by atoms with Gasteiger partial charge in [0.05, 0.1) is 42.8 Å². The molecule has 5 aromatic heterocycles. The quantitative estimate of drug-likeness (QED) is 0.121. The molecular formula is C59H37N3S2Si. The Morgan fingerprint density at radius 1 is 0.308 bits per heavy atom. The molecule has 0 saturated heterocycles. The lowest BCUT2D eigenvalue weighted by molar-refractivity contribution is 1.19. The summed E-state index contributed by atoms with van der Waals surface area (Å²) in [5.74, 6) is 0. The van der Waals surface area contributed by atoms with Gasteiger partial charge in [-0.25, -0.2) is 0 Å². The highest BCUT2D eigenvalue weighted by Crippen LogP contribution is 2.43. The molecule has 14 aromatic rings. The molecule has 0 saturated carbocycles. The van der Waals surface area contributed by atoms with Crippen molar-refractivity contribution < 1.29 is 0 Å². The summed E-state index contributed by atoms with van der Waals surface area (Å²) in [6.07, 6.45) is 3.93. The van der Waals surface area contributed by atoms with Crippen LogP contribution in [0.25, 0.3) is 95.3 Å². The van der Waals surface area contributed by atoms with Crippen molar-refractivity contribution in [3.63, 3.8) is 0 Å². The van der Waals surface area contributed by atoms with E-state index in [9.17, 15) is 0 Å². The highest BCUT2D eigenvalue weighted by atomic mass is 32.1. The third-order valence-electron chi connectivity index (χ3n) is 13.8. The molecule has 0 aliphatic carbocycles. The van der Waals surface area contributed by atoms with Gasteiger partial charge in [0.25, 0.3) is 0 Å². The van der Waals surface area contributed by atoms with Crippen LogP contribution in [-0.2, 0) is 0 Å². The Morgan fingerprint density at radius 2 is 0.677 bits per heavy atom. The first-order valence-electron chi connectivity index (χ1n) is 22.1. The Balaban J connectivity index is 1.10. The van der Waals surface area contributed by atoms with Gasteiger partial charge in [-0.05, 0) is 57.1 Å². The smallest absolute Gasteiger partial charge is 0.182 e. The van der Waals surface area contributed by atoms with Crippen LogP contribution in [0.2, 0.25) is 0 Å². The van der Waals surface area contributed by atoms with E-state index in [1.165, 1.54) is 116 Å². The van der Waals surface area contributed by atoms with E-state index in [4.69, 9.17) is 0 Å². The third kappa shape index (κ3) is 5.13. The minimum Gasteiger partial charge on any atom is -0.308 e. The molecule has 0 aliphatic rings. The number of para-hydroxylation sites is 3. The summed E-state index contributed by atoms with van der Waals surface area (Å²) in [6, 6.07) is 79.6. The minimum atomic E-state index is -3.10. The van der Waals surface area contributed by atoms with E-state index >= 15 is 0 Å². The summed E-state index contributed by atoms with van der Waals surface area (Å²) in [6.45, 7) is 0. The maximum Gasteiger partial charge on any atom is 0.182 e. The van der Waals surface area contributed by atoms with Crippen LogP contribution < -0.4 is 20.7 Å². The summed E-state index contributed by atoms with van der Waals surface area (Å²) in [5, 5.41) is 15.7. The van der Waals surface area contributed by atoms with Gasteiger partial charge in [0.15, 0.2) is 8.07 Å². The highest BCUT2D eigenvalue weighted by Gasteiger charge is 2.44. The average Bonchev–Trinajstić information content (AvgIpc) is 4.14. The first-order valence-corrected chi connectivity index (χ1v) is 25.7. The molecule has 5 heterocycles. The predicted octanol–water partition coefficient (Wildman–Crippen LogP) is 13.4. The van der Waals surface area contributed by atoms with Gasteiger partial charge in [-0.3, -0.25) is 4.98 Å². The molecule has 0 amide bonds. The van der Waals surface area contributed by atoms with Crippen molar-refractivity contribution in [3.05, 3.63) is 225 Å². The molecule has 0 N–H and O–H groups in total. The molecule has 0 unspecified atom stereocenters. The molecule has 0 atom stereocenters. The second-order valence-electron chi connectivity index (χ2n) is 17.0. The van der Waals surface area contributed by atoms with Gasteiger partial charge in [0.1, 0.15) is 0 Å². The minimum absolute atomic E-state index is 1.17. The van der Waals surface area contributed by atoms with E-state index in [1.807, 2.05) is 35.1 Å². The summed E-state index contributed by atoms with van der Waals surface area (Å²) in [7, 11) is -3.10. The zero-order chi connectivity index (χ0) is 42.6. The Kier molecular flexibility index (Phi) is 8.04. The normalized spacial score (nSPS) is 12.3. The van der Waals surface area contributed by atoms with Crippen molar-refractivity contribution in [2.24, 2.45) is 0 Å². The second-order valence-corrected chi connectivity index (χ2v) is 22.7. The number of rotatable bonds is 6. The molecule has 304 valence electrons. The van der Waals surface area contributed by atoms with Gasteiger partial charge < -0.3 is 9.13 Å². The molecule has 14 rings (SSSR count). The largest absolute Gasteiger partial charge is 0.308 e. The zero-order valence-corrected chi connectivity index (χ0v) is 37.7. The molecule has 3 nitrogen and oxygen atoms in total. The lowest BCUT2D eigenvalue weighted by Crippen LogP contribution is -2.74.